The van der Waals surface area contributed by atoms with Crippen molar-refractivity contribution in [3.63, 3.8) is 0 Å². The summed E-state index contributed by atoms with van der Waals surface area (Å²) in [4.78, 5) is 22.1. The van der Waals surface area contributed by atoms with E-state index in [2.05, 4.69) is 15.6 Å². The molecule has 2 aliphatic rings. The fourth-order valence-corrected chi connectivity index (χ4v) is 4.71. The molecule has 0 radical (unpaired) electrons. The maximum absolute atomic E-state index is 12.9. The van der Waals surface area contributed by atoms with Crippen molar-refractivity contribution in [3.05, 3.63) is 41.2 Å². The van der Waals surface area contributed by atoms with Gasteiger partial charge in [-0.05, 0) is 49.8 Å². The van der Waals surface area contributed by atoms with Crippen LogP contribution in [0.4, 0.5) is 5.82 Å². The minimum absolute atomic E-state index is 0.00914. The van der Waals surface area contributed by atoms with Crippen molar-refractivity contribution in [1.82, 2.24) is 15.3 Å². The van der Waals surface area contributed by atoms with Gasteiger partial charge in [-0.2, -0.15) is 0 Å². The topological polar surface area (TPSA) is 85.4 Å². The van der Waals surface area contributed by atoms with Crippen molar-refractivity contribution >= 4 is 23.2 Å². The summed E-state index contributed by atoms with van der Waals surface area (Å²) in [5.74, 6) is 1.64. The van der Waals surface area contributed by atoms with Gasteiger partial charge in [0.1, 0.15) is 11.6 Å². The number of aromatic nitrogens is 2. The number of nitrogens with zero attached hydrogens (tertiary/aromatic N) is 2. The molecule has 33 heavy (non-hydrogen) atoms. The third-order valence-electron chi connectivity index (χ3n) is 6.54. The monoisotopic (exact) mass is 472 g/mol. The Kier molecular flexibility index (Phi) is 8.67. The molecule has 0 unspecified atom stereocenters. The summed E-state index contributed by atoms with van der Waals surface area (Å²) in [6, 6.07) is 8.11. The molecule has 7 nitrogen and oxygen atoms in total. The molecule has 0 saturated carbocycles. The van der Waals surface area contributed by atoms with E-state index in [1.807, 2.05) is 24.3 Å². The van der Waals surface area contributed by atoms with Crippen molar-refractivity contribution < 1.29 is 14.3 Å². The summed E-state index contributed by atoms with van der Waals surface area (Å²) in [5, 5.41) is 7.39. The number of carbonyl (C=O) groups is 1. The third kappa shape index (κ3) is 6.73. The molecular weight excluding hydrogens is 440 g/mol. The Labute approximate surface area is 200 Å². The Morgan fingerprint density at radius 2 is 2.12 bits per heavy atom. The first-order valence-electron chi connectivity index (χ1n) is 11.8. The van der Waals surface area contributed by atoms with Gasteiger partial charge in [0.25, 0.3) is 0 Å². The van der Waals surface area contributed by atoms with Gasteiger partial charge in [-0.25, -0.2) is 4.98 Å². The average Bonchev–Trinajstić information content (AvgIpc) is 2.85. The van der Waals surface area contributed by atoms with Gasteiger partial charge in [-0.1, -0.05) is 17.7 Å². The fraction of sp³-hybridized carbons (Fsp3) is 0.560. The minimum Gasteiger partial charge on any atom is -0.383 e. The van der Waals surface area contributed by atoms with Crippen LogP contribution in [0.5, 0.6) is 0 Å². The first-order valence-corrected chi connectivity index (χ1v) is 12.2. The number of ether oxygens (including phenoxy) is 2. The lowest BCUT2D eigenvalue weighted by Gasteiger charge is -2.28. The van der Waals surface area contributed by atoms with Crippen LogP contribution in [-0.2, 0) is 20.7 Å². The highest BCUT2D eigenvalue weighted by Gasteiger charge is 2.26. The molecule has 0 amide bonds. The quantitative estimate of drug-likeness (QED) is 0.574. The van der Waals surface area contributed by atoms with Crippen molar-refractivity contribution in [1.29, 1.82) is 0 Å². The number of piperidine rings is 1. The standard InChI is InChI=1S/C25H33ClN4O3/c1-32-16-19-6-5-18(14-27-19)24(31)12-20-11-21(22(26)15-28-20)23-3-2-4-25(30-23)29-13-17-7-9-33-10-8-17/h2-4,11,15,17-19,27H,5-10,12-14,16H2,1H3,(H,29,30)/t18-,19+/m0/s1. The van der Waals surface area contributed by atoms with Crippen LogP contribution in [0.3, 0.4) is 0 Å². The van der Waals surface area contributed by atoms with Crippen LogP contribution in [-0.4, -0.2) is 61.8 Å². The van der Waals surface area contributed by atoms with Gasteiger partial charge in [0.15, 0.2) is 0 Å². The summed E-state index contributed by atoms with van der Waals surface area (Å²) in [7, 11) is 1.70. The molecule has 2 aliphatic heterocycles. The van der Waals surface area contributed by atoms with E-state index < -0.39 is 0 Å². The zero-order valence-corrected chi connectivity index (χ0v) is 19.9. The zero-order chi connectivity index (χ0) is 23.0. The second kappa shape index (κ2) is 11.9. The Morgan fingerprint density at radius 1 is 1.27 bits per heavy atom. The number of anilines is 1. The number of pyridine rings is 2. The number of rotatable bonds is 9. The third-order valence-corrected chi connectivity index (χ3v) is 6.85. The Balaban J connectivity index is 1.39. The normalized spacial score (nSPS) is 21.6. The van der Waals surface area contributed by atoms with Gasteiger partial charge in [-0.3, -0.25) is 9.78 Å². The van der Waals surface area contributed by atoms with E-state index in [0.717, 1.165) is 68.2 Å². The van der Waals surface area contributed by atoms with E-state index in [4.69, 9.17) is 26.1 Å². The lowest BCUT2D eigenvalue weighted by molar-refractivity contribution is -0.123. The van der Waals surface area contributed by atoms with E-state index >= 15 is 0 Å². The maximum atomic E-state index is 12.9. The van der Waals surface area contributed by atoms with Gasteiger partial charge < -0.3 is 20.1 Å². The van der Waals surface area contributed by atoms with Crippen LogP contribution in [0.25, 0.3) is 11.3 Å². The summed E-state index contributed by atoms with van der Waals surface area (Å²) in [6.07, 6.45) is 5.89. The number of methoxy groups -OCH3 is 1. The molecule has 2 atom stereocenters. The number of hydrogen-bond acceptors (Lipinski definition) is 7. The van der Waals surface area contributed by atoms with Crippen LogP contribution < -0.4 is 10.6 Å². The number of halogens is 1. The van der Waals surface area contributed by atoms with Crippen molar-refractivity contribution in [2.45, 2.75) is 38.1 Å². The molecule has 0 aliphatic carbocycles. The van der Waals surface area contributed by atoms with Gasteiger partial charge in [0, 0.05) is 69.2 Å². The number of ketones is 1. The van der Waals surface area contributed by atoms with Gasteiger partial charge in [-0.15, -0.1) is 0 Å². The molecule has 2 fully saturated rings. The Morgan fingerprint density at radius 3 is 2.88 bits per heavy atom. The second-order valence-electron chi connectivity index (χ2n) is 8.98. The second-order valence-corrected chi connectivity index (χ2v) is 9.39. The number of carbonyl (C=O) groups excluding carboxylic acids is 1. The molecule has 4 heterocycles. The molecule has 0 bridgehead atoms. The smallest absolute Gasteiger partial charge is 0.143 e. The van der Waals surface area contributed by atoms with E-state index in [0.29, 0.717) is 36.6 Å². The SMILES string of the molecule is COC[C@H]1CC[C@H](C(=O)Cc2cc(-c3cccc(NCC4CCOCC4)n3)c(Cl)cn2)CN1. The Hall–Kier alpha value is -2.06. The van der Waals surface area contributed by atoms with E-state index in [1.165, 1.54) is 0 Å². The van der Waals surface area contributed by atoms with Crippen molar-refractivity contribution in [2.75, 3.05) is 45.3 Å². The molecule has 2 aromatic heterocycles. The summed E-state index contributed by atoms with van der Waals surface area (Å²) >= 11 is 6.47. The van der Waals surface area contributed by atoms with E-state index in [1.54, 1.807) is 13.3 Å². The van der Waals surface area contributed by atoms with Crippen LogP contribution in [0.2, 0.25) is 5.02 Å². The number of hydrogen-bond donors (Lipinski definition) is 2. The molecule has 4 rings (SSSR count). The highest BCUT2D eigenvalue weighted by molar-refractivity contribution is 6.33. The molecule has 2 saturated heterocycles. The molecule has 178 valence electrons. The Bertz CT molecular complexity index is 928. The number of Topliss-reactive ketones (excluding diaryl/α,β-unsaturated/α-hetero) is 1. The molecule has 0 aromatic carbocycles. The molecule has 8 heteroatoms. The molecule has 2 N–H and O–H groups in total. The number of nitrogens with one attached hydrogen (secondary N) is 2. The van der Waals surface area contributed by atoms with Crippen molar-refractivity contribution in [2.24, 2.45) is 11.8 Å². The first-order chi connectivity index (χ1) is 16.1. The summed E-state index contributed by atoms with van der Waals surface area (Å²) in [5.41, 5.74) is 2.29. The summed E-state index contributed by atoms with van der Waals surface area (Å²) in [6.45, 7) is 3.91. The highest BCUT2D eigenvalue weighted by atomic mass is 35.5. The van der Waals surface area contributed by atoms with Crippen molar-refractivity contribution in [3.8, 4) is 11.3 Å². The lowest BCUT2D eigenvalue weighted by Crippen LogP contribution is -2.44. The maximum Gasteiger partial charge on any atom is 0.143 e. The van der Waals surface area contributed by atoms with Gasteiger partial charge in [0.2, 0.25) is 0 Å². The van der Waals surface area contributed by atoms with E-state index in [9.17, 15) is 4.79 Å². The van der Waals surface area contributed by atoms with Crippen LogP contribution in [0.1, 0.15) is 31.4 Å². The molecular formula is C25H33ClN4O3. The minimum atomic E-state index is 0.00914. The van der Waals surface area contributed by atoms with Crippen LogP contribution >= 0.6 is 11.6 Å². The van der Waals surface area contributed by atoms with Gasteiger partial charge in [0.05, 0.1) is 17.3 Å². The summed E-state index contributed by atoms with van der Waals surface area (Å²) < 4.78 is 10.6. The lowest BCUT2D eigenvalue weighted by atomic mass is 9.89. The molecule has 0 spiro atoms. The highest BCUT2D eigenvalue weighted by Crippen LogP contribution is 2.28. The fourth-order valence-electron chi connectivity index (χ4n) is 4.51. The first kappa shape index (κ1) is 24.1. The zero-order valence-electron chi connectivity index (χ0n) is 19.2. The van der Waals surface area contributed by atoms with Crippen LogP contribution in [0.15, 0.2) is 30.5 Å². The largest absolute Gasteiger partial charge is 0.383 e. The van der Waals surface area contributed by atoms with Gasteiger partial charge >= 0.3 is 0 Å². The predicted octanol–water partition coefficient (Wildman–Crippen LogP) is 3.76. The van der Waals surface area contributed by atoms with Crippen LogP contribution in [0, 0.1) is 11.8 Å². The molecule has 2 aromatic rings. The van der Waals surface area contributed by atoms with E-state index in [-0.39, 0.29) is 11.7 Å². The average molecular weight is 473 g/mol. The predicted molar refractivity (Wildman–Crippen MR) is 130 cm³/mol.